The normalized spacial score (nSPS) is 10.2. The molecule has 1 aromatic rings. The Kier molecular flexibility index (Phi) is 2.93. The van der Waals surface area contributed by atoms with Crippen molar-refractivity contribution in [1.29, 1.82) is 0 Å². The van der Waals surface area contributed by atoms with Gasteiger partial charge in [0.2, 0.25) is 0 Å². The molecule has 6 heteroatoms. The van der Waals surface area contributed by atoms with E-state index in [2.05, 4.69) is 21.9 Å². The molecule has 4 N–H and O–H groups in total. The average molecular weight is 178 g/mol. The van der Waals surface area contributed by atoms with Crippen LogP contribution in [0.2, 0.25) is 0 Å². The Labute approximate surface area is 75.6 Å². The van der Waals surface area contributed by atoms with E-state index in [4.69, 9.17) is 11.6 Å². The number of rotatable bonds is 3. The van der Waals surface area contributed by atoms with Crippen LogP contribution < -0.4 is 16.6 Å². The summed E-state index contributed by atoms with van der Waals surface area (Å²) in [6.07, 6.45) is 2.80. The van der Waals surface area contributed by atoms with Crippen LogP contribution in [0.4, 0.5) is 11.5 Å². The standard InChI is InChI=1S/C7H10N6/c1-10-12-5-13(9)7-3-2-6(8)4-11-7/h2-5H,1,8-9H2/b12-5-. The molecular formula is C7H10N6. The topological polar surface area (TPSA) is 92.9 Å². The van der Waals surface area contributed by atoms with Gasteiger partial charge in [-0.1, -0.05) is 0 Å². The third kappa shape index (κ3) is 2.53. The quantitative estimate of drug-likeness (QED) is 0.294. The number of hydrogen-bond acceptors (Lipinski definition) is 5. The summed E-state index contributed by atoms with van der Waals surface area (Å²) in [5.74, 6) is 6.05. The second-order valence-electron chi connectivity index (χ2n) is 2.23. The molecule has 0 aliphatic rings. The van der Waals surface area contributed by atoms with Crippen LogP contribution in [0, 0.1) is 0 Å². The predicted molar refractivity (Wildman–Crippen MR) is 53.4 cm³/mol. The van der Waals surface area contributed by atoms with Crippen LogP contribution in [0.1, 0.15) is 0 Å². The molecule has 13 heavy (non-hydrogen) atoms. The van der Waals surface area contributed by atoms with Crippen molar-refractivity contribution >= 4 is 24.6 Å². The van der Waals surface area contributed by atoms with Gasteiger partial charge in [-0.3, -0.25) is 0 Å². The highest BCUT2D eigenvalue weighted by Gasteiger charge is 1.97. The van der Waals surface area contributed by atoms with Crippen molar-refractivity contribution in [3.63, 3.8) is 0 Å². The number of hydrogen-bond donors (Lipinski definition) is 2. The fourth-order valence-corrected chi connectivity index (χ4v) is 0.702. The Bertz CT molecular complexity index is 303. The third-order valence-electron chi connectivity index (χ3n) is 1.29. The molecule has 0 aliphatic heterocycles. The highest BCUT2D eigenvalue weighted by Crippen LogP contribution is 2.07. The monoisotopic (exact) mass is 178 g/mol. The molecule has 0 aromatic carbocycles. The molecule has 0 amide bonds. The van der Waals surface area contributed by atoms with Crippen LogP contribution in [0.15, 0.2) is 28.5 Å². The smallest absolute Gasteiger partial charge is 0.148 e. The third-order valence-corrected chi connectivity index (χ3v) is 1.29. The van der Waals surface area contributed by atoms with E-state index in [1.807, 2.05) is 0 Å². The highest BCUT2D eigenvalue weighted by atomic mass is 15.5. The van der Waals surface area contributed by atoms with Gasteiger partial charge in [0, 0.05) is 6.72 Å². The zero-order valence-corrected chi connectivity index (χ0v) is 6.96. The van der Waals surface area contributed by atoms with Crippen molar-refractivity contribution in [2.24, 2.45) is 16.0 Å². The molecule has 6 nitrogen and oxygen atoms in total. The number of aromatic nitrogens is 1. The minimum atomic E-state index is 0.529. The lowest BCUT2D eigenvalue weighted by atomic mass is 10.4. The number of anilines is 2. The van der Waals surface area contributed by atoms with Gasteiger partial charge in [-0.2, -0.15) is 5.10 Å². The summed E-state index contributed by atoms with van der Waals surface area (Å²) in [7, 11) is 0. The summed E-state index contributed by atoms with van der Waals surface area (Å²) in [6, 6.07) is 3.36. The Balaban J connectivity index is 2.77. The van der Waals surface area contributed by atoms with Gasteiger partial charge in [0.15, 0.2) is 0 Å². The molecule has 68 valence electrons. The molecule has 0 saturated carbocycles. The number of pyridine rings is 1. The Morgan fingerprint density at radius 2 is 2.31 bits per heavy atom. The summed E-state index contributed by atoms with van der Waals surface area (Å²) >= 11 is 0. The zero-order chi connectivity index (χ0) is 9.68. The fraction of sp³-hybridized carbons (Fsp3) is 0. The predicted octanol–water partition coefficient (Wildman–Crippen LogP) is -0.0122. The lowest BCUT2D eigenvalue weighted by molar-refractivity contribution is 1.08. The van der Waals surface area contributed by atoms with Gasteiger partial charge in [-0.15, -0.1) is 5.10 Å². The molecule has 0 aliphatic carbocycles. The average Bonchev–Trinajstić information content (AvgIpc) is 2.15. The maximum Gasteiger partial charge on any atom is 0.148 e. The largest absolute Gasteiger partial charge is 0.397 e. The summed E-state index contributed by atoms with van der Waals surface area (Å²) in [6.45, 7) is 3.17. The summed E-state index contributed by atoms with van der Waals surface area (Å²) < 4.78 is 0. The number of nitrogens with two attached hydrogens (primary N) is 2. The minimum Gasteiger partial charge on any atom is -0.397 e. The molecule has 1 aromatic heterocycles. The van der Waals surface area contributed by atoms with Crippen molar-refractivity contribution in [2.45, 2.75) is 0 Å². The highest BCUT2D eigenvalue weighted by molar-refractivity contribution is 5.75. The van der Waals surface area contributed by atoms with Gasteiger partial charge < -0.3 is 5.73 Å². The van der Waals surface area contributed by atoms with Crippen LogP contribution >= 0.6 is 0 Å². The van der Waals surface area contributed by atoms with E-state index in [1.54, 1.807) is 12.1 Å². The van der Waals surface area contributed by atoms with Crippen molar-refractivity contribution in [3.8, 4) is 0 Å². The van der Waals surface area contributed by atoms with Gasteiger partial charge in [0.25, 0.3) is 0 Å². The fourth-order valence-electron chi connectivity index (χ4n) is 0.702. The van der Waals surface area contributed by atoms with Crippen LogP contribution in [-0.2, 0) is 0 Å². The number of nitrogens with zero attached hydrogens (tertiary/aromatic N) is 4. The van der Waals surface area contributed by atoms with Gasteiger partial charge in [-0.25, -0.2) is 15.8 Å². The second kappa shape index (κ2) is 4.17. The lowest BCUT2D eigenvalue weighted by Crippen LogP contribution is -2.29. The SMILES string of the molecule is C=N/N=C\N(N)c1ccc(N)cn1. The molecule has 1 heterocycles. The molecule has 0 spiro atoms. The van der Waals surface area contributed by atoms with E-state index in [0.29, 0.717) is 11.5 Å². The second-order valence-corrected chi connectivity index (χ2v) is 2.23. The van der Waals surface area contributed by atoms with Crippen molar-refractivity contribution in [1.82, 2.24) is 4.98 Å². The van der Waals surface area contributed by atoms with Crippen LogP contribution in [-0.4, -0.2) is 18.0 Å². The van der Waals surface area contributed by atoms with E-state index < -0.39 is 0 Å². The first kappa shape index (κ1) is 9.14. The molecule has 0 atom stereocenters. The molecule has 0 unspecified atom stereocenters. The number of hydrazine groups is 1. The summed E-state index contributed by atoms with van der Waals surface area (Å²) in [5.41, 5.74) is 6.02. The van der Waals surface area contributed by atoms with E-state index in [1.165, 1.54) is 17.5 Å². The van der Waals surface area contributed by atoms with Gasteiger partial charge in [-0.05, 0) is 12.1 Å². The molecular weight excluding hydrogens is 168 g/mol. The van der Waals surface area contributed by atoms with Crippen molar-refractivity contribution in [2.75, 3.05) is 10.7 Å². The van der Waals surface area contributed by atoms with Crippen LogP contribution in [0.25, 0.3) is 0 Å². The van der Waals surface area contributed by atoms with Gasteiger partial charge in [0.05, 0.1) is 11.9 Å². The Morgan fingerprint density at radius 3 is 2.85 bits per heavy atom. The first-order valence-corrected chi connectivity index (χ1v) is 3.48. The van der Waals surface area contributed by atoms with Crippen LogP contribution in [0.5, 0.6) is 0 Å². The first-order valence-electron chi connectivity index (χ1n) is 3.48. The lowest BCUT2D eigenvalue weighted by Gasteiger charge is -2.09. The van der Waals surface area contributed by atoms with Crippen LogP contribution in [0.3, 0.4) is 0 Å². The summed E-state index contributed by atoms with van der Waals surface area (Å²) in [4.78, 5) is 3.95. The molecule has 0 fully saturated rings. The molecule has 0 radical (unpaired) electrons. The Hall–Kier alpha value is -1.95. The molecule has 0 bridgehead atoms. The molecule has 1 rings (SSSR count). The first-order chi connectivity index (χ1) is 6.24. The van der Waals surface area contributed by atoms with E-state index >= 15 is 0 Å². The van der Waals surface area contributed by atoms with E-state index in [0.717, 1.165) is 0 Å². The number of nitrogen functional groups attached to an aromatic ring is 1. The molecule has 0 saturated heterocycles. The van der Waals surface area contributed by atoms with Crippen molar-refractivity contribution < 1.29 is 0 Å². The summed E-state index contributed by atoms with van der Waals surface area (Å²) in [5, 5.41) is 7.97. The zero-order valence-electron chi connectivity index (χ0n) is 6.96. The minimum absolute atomic E-state index is 0.529. The maximum absolute atomic E-state index is 5.52. The van der Waals surface area contributed by atoms with E-state index in [-0.39, 0.29) is 0 Å². The maximum atomic E-state index is 5.52. The van der Waals surface area contributed by atoms with Gasteiger partial charge >= 0.3 is 0 Å². The van der Waals surface area contributed by atoms with Gasteiger partial charge in [0.1, 0.15) is 12.2 Å². The van der Waals surface area contributed by atoms with E-state index in [9.17, 15) is 0 Å². The van der Waals surface area contributed by atoms with Crippen molar-refractivity contribution in [3.05, 3.63) is 18.3 Å². The Morgan fingerprint density at radius 1 is 1.54 bits per heavy atom.